The molecule has 1 aromatic rings. The van der Waals surface area contributed by atoms with Crippen molar-refractivity contribution in [3.8, 4) is 11.8 Å². The van der Waals surface area contributed by atoms with E-state index in [0.29, 0.717) is 17.9 Å². The number of nitrogens with zero attached hydrogens (tertiary/aromatic N) is 2. The minimum Gasteiger partial charge on any atom is -0.491 e. The summed E-state index contributed by atoms with van der Waals surface area (Å²) in [5.41, 5.74) is 0.535. The van der Waals surface area contributed by atoms with Crippen LogP contribution in [-0.2, 0) is 9.31 Å². The number of likely N-dealkylation sites (N-methyl/N-ethyl adjacent to an activating group) is 1. The van der Waals surface area contributed by atoms with Gasteiger partial charge in [0.2, 0.25) is 0 Å². The van der Waals surface area contributed by atoms with Crippen LogP contribution in [-0.4, -0.2) is 50.5 Å². The smallest absolute Gasteiger partial charge is 0.491 e. The Labute approximate surface area is 139 Å². The summed E-state index contributed by atoms with van der Waals surface area (Å²) in [5.74, 6) is 0.592. The molecule has 0 N–H and O–H groups in total. The fraction of sp³-hybridized carbons (Fsp3) is 0.588. The standard InChI is InChI=1S/C17H25BN2O3/c1-16(2)17(3,4)23-18(22-16)14-7-8-15(13(11-14)12-19)21-10-9-20(5)6/h7-8,11H,9-10H2,1-6H3. The van der Waals surface area contributed by atoms with Crippen LogP contribution in [0.5, 0.6) is 5.75 Å². The number of nitriles is 1. The number of hydrogen-bond acceptors (Lipinski definition) is 5. The molecule has 0 aromatic heterocycles. The molecule has 0 aliphatic carbocycles. The van der Waals surface area contributed by atoms with Crippen molar-refractivity contribution in [2.24, 2.45) is 0 Å². The molecule has 0 unspecified atom stereocenters. The summed E-state index contributed by atoms with van der Waals surface area (Å²) in [6, 6.07) is 7.69. The minimum absolute atomic E-state index is 0.397. The minimum atomic E-state index is -0.470. The fourth-order valence-corrected chi connectivity index (χ4v) is 2.22. The largest absolute Gasteiger partial charge is 0.494 e. The number of hydrogen-bond donors (Lipinski definition) is 0. The van der Waals surface area contributed by atoms with Crippen LogP contribution in [0.1, 0.15) is 33.3 Å². The van der Waals surface area contributed by atoms with Gasteiger partial charge in [-0.05, 0) is 59.4 Å². The molecule has 23 heavy (non-hydrogen) atoms. The molecule has 124 valence electrons. The van der Waals surface area contributed by atoms with Gasteiger partial charge >= 0.3 is 7.12 Å². The summed E-state index contributed by atoms with van der Waals surface area (Å²) < 4.78 is 17.7. The second kappa shape index (κ2) is 6.52. The molecule has 0 atom stereocenters. The third kappa shape index (κ3) is 3.87. The third-order valence-electron chi connectivity index (χ3n) is 4.45. The van der Waals surface area contributed by atoms with Crippen molar-refractivity contribution >= 4 is 12.6 Å². The number of ether oxygens (including phenoxy) is 1. The van der Waals surface area contributed by atoms with E-state index in [4.69, 9.17) is 14.0 Å². The molecule has 0 amide bonds. The van der Waals surface area contributed by atoms with Crippen molar-refractivity contribution in [3.63, 3.8) is 0 Å². The van der Waals surface area contributed by atoms with Gasteiger partial charge in [0.25, 0.3) is 0 Å². The first-order chi connectivity index (χ1) is 10.7. The summed E-state index contributed by atoms with van der Waals surface area (Å²) in [6.07, 6.45) is 0. The van der Waals surface area contributed by atoms with Gasteiger partial charge in [-0.15, -0.1) is 0 Å². The lowest BCUT2D eigenvalue weighted by molar-refractivity contribution is 0.00578. The van der Waals surface area contributed by atoms with Gasteiger partial charge in [-0.25, -0.2) is 0 Å². The molecular formula is C17H25BN2O3. The summed E-state index contributed by atoms with van der Waals surface area (Å²) in [4.78, 5) is 2.03. The van der Waals surface area contributed by atoms with Gasteiger partial charge in [0, 0.05) is 6.54 Å². The molecule has 1 aromatic carbocycles. The van der Waals surface area contributed by atoms with E-state index in [-0.39, 0.29) is 0 Å². The lowest BCUT2D eigenvalue weighted by Gasteiger charge is -2.32. The lowest BCUT2D eigenvalue weighted by atomic mass is 9.78. The second-order valence-electron chi connectivity index (χ2n) is 7.11. The first kappa shape index (κ1) is 17.8. The van der Waals surface area contributed by atoms with Gasteiger partial charge in [0.1, 0.15) is 18.4 Å². The Morgan fingerprint density at radius 3 is 2.30 bits per heavy atom. The zero-order valence-electron chi connectivity index (χ0n) is 14.8. The van der Waals surface area contributed by atoms with Crippen LogP contribution < -0.4 is 10.2 Å². The van der Waals surface area contributed by atoms with Crippen LogP contribution in [0.15, 0.2) is 18.2 Å². The van der Waals surface area contributed by atoms with E-state index in [1.54, 1.807) is 6.07 Å². The average molecular weight is 316 g/mol. The Kier molecular flexibility index (Phi) is 5.05. The van der Waals surface area contributed by atoms with Crippen LogP contribution in [0.3, 0.4) is 0 Å². The molecule has 5 nitrogen and oxygen atoms in total. The average Bonchev–Trinajstić information content (AvgIpc) is 2.67. The molecule has 1 heterocycles. The van der Waals surface area contributed by atoms with Crippen molar-refractivity contribution in [1.29, 1.82) is 5.26 Å². The molecule has 0 bridgehead atoms. The summed E-state index contributed by atoms with van der Waals surface area (Å²) in [7, 11) is 3.49. The molecule has 1 saturated heterocycles. The van der Waals surface area contributed by atoms with E-state index >= 15 is 0 Å². The Hall–Kier alpha value is -1.55. The third-order valence-corrected chi connectivity index (χ3v) is 4.45. The monoisotopic (exact) mass is 316 g/mol. The predicted molar refractivity (Wildman–Crippen MR) is 90.9 cm³/mol. The second-order valence-corrected chi connectivity index (χ2v) is 7.11. The maximum absolute atomic E-state index is 9.38. The number of rotatable bonds is 5. The maximum atomic E-state index is 9.38. The fourth-order valence-electron chi connectivity index (χ4n) is 2.22. The van der Waals surface area contributed by atoms with Crippen molar-refractivity contribution < 1.29 is 14.0 Å². The van der Waals surface area contributed by atoms with E-state index in [9.17, 15) is 5.26 Å². The molecule has 0 radical (unpaired) electrons. The van der Waals surface area contributed by atoms with Crippen molar-refractivity contribution in [2.75, 3.05) is 27.2 Å². The summed E-state index contributed by atoms with van der Waals surface area (Å²) in [5, 5.41) is 9.38. The summed E-state index contributed by atoms with van der Waals surface area (Å²) >= 11 is 0. The lowest BCUT2D eigenvalue weighted by Crippen LogP contribution is -2.41. The topological polar surface area (TPSA) is 54.7 Å². The van der Waals surface area contributed by atoms with Crippen LogP contribution in [0.25, 0.3) is 0 Å². The highest BCUT2D eigenvalue weighted by Crippen LogP contribution is 2.36. The Bertz CT molecular complexity index is 592. The van der Waals surface area contributed by atoms with E-state index in [1.807, 2.05) is 58.8 Å². The zero-order chi connectivity index (χ0) is 17.3. The van der Waals surface area contributed by atoms with Gasteiger partial charge < -0.3 is 18.9 Å². The highest BCUT2D eigenvalue weighted by Gasteiger charge is 2.51. The first-order valence-electron chi connectivity index (χ1n) is 7.83. The highest BCUT2D eigenvalue weighted by atomic mass is 16.7. The molecule has 1 aliphatic rings. The van der Waals surface area contributed by atoms with Gasteiger partial charge in [0.15, 0.2) is 0 Å². The van der Waals surface area contributed by atoms with E-state index in [0.717, 1.165) is 12.0 Å². The quantitative estimate of drug-likeness (QED) is 0.775. The van der Waals surface area contributed by atoms with Crippen molar-refractivity contribution in [3.05, 3.63) is 23.8 Å². The van der Waals surface area contributed by atoms with Crippen molar-refractivity contribution in [1.82, 2.24) is 4.90 Å². The van der Waals surface area contributed by atoms with E-state index in [2.05, 4.69) is 6.07 Å². The molecule has 1 fully saturated rings. The van der Waals surface area contributed by atoms with Crippen LogP contribution >= 0.6 is 0 Å². The van der Waals surface area contributed by atoms with Crippen LogP contribution in [0, 0.1) is 11.3 Å². The molecular weight excluding hydrogens is 291 g/mol. The Balaban J connectivity index is 2.16. The van der Waals surface area contributed by atoms with Gasteiger partial charge in [-0.2, -0.15) is 5.26 Å². The molecule has 0 spiro atoms. The van der Waals surface area contributed by atoms with Crippen LogP contribution in [0.2, 0.25) is 0 Å². The zero-order valence-corrected chi connectivity index (χ0v) is 14.8. The molecule has 0 saturated carbocycles. The predicted octanol–water partition coefficient (Wildman–Crippen LogP) is 1.80. The SMILES string of the molecule is CN(C)CCOc1ccc(B2OC(C)(C)C(C)(C)O2)cc1C#N. The van der Waals surface area contributed by atoms with E-state index < -0.39 is 18.3 Å². The molecule has 1 aliphatic heterocycles. The molecule has 2 rings (SSSR count). The normalized spacial score (nSPS) is 19.0. The van der Waals surface area contributed by atoms with Gasteiger partial charge in [0.05, 0.1) is 16.8 Å². The van der Waals surface area contributed by atoms with E-state index in [1.165, 1.54) is 0 Å². The van der Waals surface area contributed by atoms with Crippen LogP contribution in [0.4, 0.5) is 0 Å². The summed E-state index contributed by atoms with van der Waals surface area (Å²) in [6.45, 7) is 9.38. The van der Waals surface area contributed by atoms with Gasteiger partial charge in [-0.1, -0.05) is 6.07 Å². The number of benzene rings is 1. The molecule has 6 heteroatoms. The maximum Gasteiger partial charge on any atom is 0.494 e. The Morgan fingerprint density at radius 2 is 1.78 bits per heavy atom. The highest BCUT2D eigenvalue weighted by molar-refractivity contribution is 6.62. The Morgan fingerprint density at radius 1 is 1.17 bits per heavy atom. The van der Waals surface area contributed by atoms with Gasteiger partial charge in [-0.3, -0.25) is 0 Å². The van der Waals surface area contributed by atoms with Crippen molar-refractivity contribution in [2.45, 2.75) is 38.9 Å². The first-order valence-corrected chi connectivity index (χ1v) is 7.83.